The zero-order chi connectivity index (χ0) is 15.3. The standard InChI is InChI=1S/C15H16N2O2S2/c1-12-10-20-11-14(12)9-17-5-6-21(18,19)15-4-2-3-13(7-15)8-16/h2-4,7,10-11,17H,5-6,9H2,1H3. The number of hydrogen-bond donors (Lipinski definition) is 1. The average Bonchev–Trinajstić information content (AvgIpc) is 2.89. The summed E-state index contributed by atoms with van der Waals surface area (Å²) in [6, 6.07) is 8.08. The van der Waals surface area contributed by atoms with Crippen LogP contribution in [0, 0.1) is 18.3 Å². The summed E-state index contributed by atoms with van der Waals surface area (Å²) < 4.78 is 24.4. The van der Waals surface area contributed by atoms with Gasteiger partial charge in [0.1, 0.15) is 0 Å². The zero-order valence-corrected chi connectivity index (χ0v) is 13.3. The number of nitrogens with one attached hydrogen (secondary N) is 1. The fraction of sp³-hybridized carbons (Fsp3) is 0.267. The normalized spacial score (nSPS) is 11.2. The monoisotopic (exact) mass is 320 g/mol. The Morgan fingerprint density at radius 2 is 2.14 bits per heavy atom. The number of rotatable bonds is 6. The first kappa shape index (κ1) is 15.7. The van der Waals surface area contributed by atoms with Gasteiger partial charge < -0.3 is 5.32 Å². The van der Waals surface area contributed by atoms with Gasteiger partial charge in [-0.05, 0) is 47.0 Å². The highest BCUT2D eigenvalue weighted by Crippen LogP contribution is 2.14. The van der Waals surface area contributed by atoms with Crippen molar-refractivity contribution in [2.24, 2.45) is 0 Å². The molecule has 4 nitrogen and oxygen atoms in total. The van der Waals surface area contributed by atoms with Crippen molar-refractivity contribution >= 4 is 21.2 Å². The van der Waals surface area contributed by atoms with E-state index >= 15 is 0 Å². The maximum atomic E-state index is 12.2. The van der Waals surface area contributed by atoms with Crippen LogP contribution in [0.3, 0.4) is 0 Å². The summed E-state index contributed by atoms with van der Waals surface area (Å²) in [5, 5.41) is 16.1. The quantitative estimate of drug-likeness (QED) is 0.830. The minimum absolute atomic E-state index is 0.0189. The summed E-state index contributed by atoms with van der Waals surface area (Å²) in [4.78, 5) is 0.204. The molecule has 2 aromatic rings. The SMILES string of the molecule is Cc1cscc1CNCCS(=O)(=O)c1cccc(C#N)c1. The van der Waals surface area contributed by atoms with Crippen molar-refractivity contribution in [3.8, 4) is 6.07 Å². The van der Waals surface area contributed by atoms with E-state index in [-0.39, 0.29) is 10.6 Å². The van der Waals surface area contributed by atoms with Crippen LogP contribution in [0.4, 0.5) is 0 Å². The molecule has 0 fully saturated rings. The molecular formula is C15H16N2O2S2. The minimum atomic E-state index is -3.36. The van der Waals surface area contributed by atoms with Gasteiger partial charge in [0.15, 0.2) is 9.84 Å². The smallest absolute Gasteiger partial charge is 0.179 e. The van der Waals surface area contributed by atoms with Crippen LogP contribution in [-0.2, 0) is 16.4 Å². The van der Waals surface area contributed by atoms with Gasteiger partial charge in [-0.2, -0.15) is 16.6 Å². The maximum absolute atomic E-state index is 12.2. The molecule has 1 N–H and O–H groups in total. The number of nitriles is 1. The van der Waals surface area contributed by atoms with Gasteiger partial charge in [0.2, 0.25) is 0 Å². The third-order valence-electron chi connectivity index (χ3n) is 3.15. The van der Waals surface area contributed by atoms with E-state index in [2.05, 4.69) is 16.1 Å². The lowest BCUT2D eigenvalue weighted by atomic mass is 10.2. The molecule has 6 heteroatoms. The van der Waals surface area contributed by atoms with Gasteiger partial charge in [-0.25, -0.2) is 8.42 Å². The van der Waals surface area contributed by atoms with E-state index in [1.807, 2.05) is 13.0 Å². The lowest BCUT2D eigenvalue weighted by Crippen LogP contribution is -2.22. The predicted octanol–water partition coefficient (Wildman–Crippen LogP) is 2.49. The molecule has 0 aliphatic rings. The van der Waals surface area contributed by atoms with Crippen molar-refractivity contribution in [1.29, 1.82) is 5.26 Å². The van der Waals surface area contributed by atoms with Crippen molar-refractivity contribution in [3.05, 3.63) is 51.7 Å². The zero-order valence-electron chi connectivity index (χ0n) is 11.7. The molecule has 0 spiro atoms. The first-order chi connectivity index (χ1) is 10.0. The van der Waals surface area contributed by atoms with Crippen LogP contribution in [0.2, 0.25) is 0 Å². The van der Waals surface area contributed by atoms with E-state index in [1.165, 1.54) is 23.3 Å². The summed E-state index contributed by atoms with van der Waals surface area (Å²) >= 11 is 1.64. The molecule has 0 radical (unpaired) electrons. The topological polar surface area (TPSA) is 70.0 Å². The van der Waals surface area contributed by atoms with Crippen molar-refractivity contribution in [1.82, 2.24) is 5.32 Å². The Morgan fingerprint density at radius 3 is 2.81 bits per heavy atom. The van der Waals surface area contributed by atoms with Gasteiger partial charge >= 0.3 is 0 Å². The molecule has 0 saturated heterocycles. The predicted molar refractivity (Wildman–Crippen MR) is 84.0 cm³/mol. The number of sulfone groups is 1. The van der Waals surface area contributed by atoms with E-state index in [0.717, 1.165) is 0 Å². The van der Waals surface area contributed by atoms with E-state index in [1.54, 1.807) is 23.5 Å². The van der Waals surface area contributed by atoms with Crippen LogP contribution in [-0.4, -0.2) is 20.7 Å². The molecule has 2 rings (SSSR count). The third kappa shape index (κ3) is 4.14. The minimum Gasteiger partial charge on any atom is -0.312 e. The second kappa shape index (κ2) is 6.85. The van der Waals surface area contributed by atoms with Crippen molar-refractivity contribution in [3.63, 3.8) is 0 Å². The van der Waals surface area contributed by atoms with E-state index < -0.39 is 9.84 Å². The highest BCUT2D eigenvalue weighted by Gasteiger charge is 2.14. The third-order valence-corrected chi connectivity index (χ3v) is 5.77. The summed E-state index contributed by atoms with van der Waals surface area (Å²) in [5.74, 6) is 0.0189. The Bertz CT molecular complexity index is 758. The summed E-state index contributed by atoms with van der Waals surface area (Å²) in [7, 11) is -3.36. The molecule has 110 valence electrons. The molecule has 0 bridgehead atoms. The molecule has 0 unspecified atom stereocenters. The highest BCUT2D eigenvalue weighted by atomic mass is 32.2. The van der Waals surface area contributed by atoms with E-state index in [4.69, 9.17) is 5.26 Å². The van der Waals surface area contributed by atoms with Crippen molar-refractivity contribution in [2.75, 3.05) is 12.3 Å². The molecule has 21 heavy (non-hydrogen) atoms. The molecule has 1 heterocycles. The highest BCUT2D eigenvalue weighted by molar-refractivity contribution is 7.91. The molecule has 0 saturated carbocycles. The number of hydrogen-bond acceptors (Lipinski definition) is 5. The molecule has 0 amide bonds. The summed E-state index contributed by atoms with van der Waals surface area (Å²) in [5.41, 5.74) is 2.78. The number of aryl methyl sites for hydroxylation is 1. The van der Waals surface area contributed by atoms with Gasteiger partial charge in [0.05, 0.1) is 22.3 Å². The van der Waals surface area contributed by atoms with Crippen LogP contribution < -0.4 is 5.32 Å². The number of nitrogens with zero attached hydrogens (tertiary/aromatic N) is 1. The van der Waals surface area contributed by atoms with Gasteiger partial charge in [-0.1, -0.05) is 6.07 Å². The molecule has 0 aliphatic heterocycles. The lowest BCUT2D eigenvalue weighted by Gasteiger charge is -2.06. The Labute approximate surface area is 129 Å². The molecule has 1 aromatic carbocycles. The summed E-state index contributed by atoms with van der Waals surface area (Å²) in [6.07, 6.45) is 0. The molecular weight excluding hydrogens is 304 g/mol. The van der Waals surface area contributed by atoms with Crippen LogP contribution in [0.15, 0.2) is 39.9 Å². The Morgan fingerprint density at radius 1 is 1.33 bits per heavy atom. The Kier molecular flexibility index (Phi) is 5.12. The maximum Gasteiger partial charge on any atom is 0.179 e. The van der Waals surface area contributed by atoms with Crippen molar-refractivity contribution in [2.45, 2.75) is 18.4 Å². The van der Waals surface area contributed by atoms with Crippen LogP contribution in [0.5, 0.6) is 0 Å². The first-order valence-corrected chi connectivity index (χ1v) is 9.08. The van der Waals surface area contributed by atoms with Gasteiger partial charge in [0.25, 0.3) is 0 Å². The van der Waals surface area contributed by atoms with Crippen LogP contribution in [0.25, 0.3) is 0 Å². The van der Waals surface area contributed by atoms with Crippen LogP contribution >= 0.6 is 11.3 Å². The Balaban J connectivity index is 1.92. The van der Waals surface area contributed by atoms with E-state index in [0.29, 0.717) is 18.7 Å². The van der Waals surface area contributed by atoms with Gasteiger partial charge in [0, 0.05) is 13.1 Å². The van der Waals surface area contributed by atoms with E-state index in [9.17, 15) is 8.42 Å². The van der Waals surface area contributed by atoms with Crippen molar-refractivity contribution < 1.29 is 8.42 Å². The molecule has 0 atom stereocenters. The molecule has 0 aliphatic carbocycles. The fourth-order valence-electron chi connectivity index (χ4n) is 1.87. The first-order valence-electron chi connectivity index (χ1n) is 6.48. The van der Waals surface area contributed by atoms with Gasteiger partial charge in [-0.15, -0.1) is 0 Å². The largest absolute Gasteiger partial charge is 0.312 e. The molecule has 1 aromatic heterocycles. The lowest BCUT2D eigenvalue weighted by molar-refractivity contribution is 0.590. The average molecular weight is 320 g/mol. The van der Waals surface area contributed by atoms with Gasteiger partial charge in [-0.3, -0.25) is 0 Å². The Hall–Kier alpha value is -1.68. The number of thiophene rings is 1. The summed E-state index contributed by atoms with van der Waals surface area (Å²) in [6.45, 7) is 3.09. The number of benzene rings is 1. The second-order valence-corrected chi connectivity index (χ2v) is 7.57. The fourth-order valence-corrected chi connectivity index (χ4v) is 3.97. The van der Waals surface area contributed by atoms with Crippen LogP contribution in [0.1, 0.15) is 16.7 Å². The second-order valence-electron chi connectivity index (χ2n) is 4.72.